The first-order valence-corrected chi connectivity index (χ1v) is 6.18. The zero-order valence-corrected chi connectivity index (χ0v) is 10.4. The Kier molecular flexibility index (Phi) is 5.22. The van der Waals surface area contributed by atoms with E-state index in [0.717, 1.165) is 32.4 Å². The Balaban J connectivity index is 2.33. The Hall–Kier alpha value is -0.610. The maximum absolute atomic E-state index is 12.0. The molecule has 1 amide bonds. The van der Waals surface area contributed by atoms with E-state index in [0.29, 0.717) is 12.5 Å². The lowest BCUT2D eigenvalue weighted by Gasteiger charge is -2.32. The van der Waals surface area contributed by atoms with E-state index in [1.165, 1.54) is 0 Å². The summed E-state index contributed by atoms with van der Waals surface area (Å²) in [5.74, 6) is 0.512. The summed E-state index contributed by atoms with van der Waals surface area (Å²) in [7, 11) is 0. The molecule has 0 aromatic carbocycles. The third kappa shape index (κ3) is 3.76. The summed E-state index contributed by atoms with van der Waals surface area (Å²) in [6, 6.07) is 0. The lowest BCUT2D eigenvalue weighted by atomic mass is 9.80. The van der Waals surface area contributed by atoms with E-state index in [1.807, 2.05) is 13.8 Å². The van der Waals surface area contributed by atoms with Crippen molar-refractivity contribution in [3.63, 3.8) is 0 Å². The average Bonchev–Trinajstić information content (AvgIpc) is 2.27. The summed E-state index contributed by atoms with van der Waals surface area (Å²) in [4.78, 5) is 12.0. The Bertz CT molecular complexity index is 225. The van der Waals surface area contributed by atoms with E-state index in [-0.39, 0.29) is 17.9 Å². The number of nitrogens with one attached hydrogen (secondary N) is 2. The molecule has 0 aliphatic carbocycles. The molecule has 4 nitrogen and oxygen atoms in total. The topological polar surface area (TPSA) is 61.4 Å². The summed E-state index contributed by atoms with van der Waals surface area (Å²) in [5, 5.41) is 15.0. The number of hydrogen-bond donors (Lipinski definition) is 3. The molecule has 1 atom stereocenters. The van der Waals surface area contributed by atoms with Crippen LogP contribution in [0, 0.1) is 11.3 Å². The number of amides is 1. The Morgan fingerprint density at radius 3 is 2.69 bits per heavy atom. The van der Waals surface area contributed by atoms with Gasteiger partial charge in [0.25, 0.3) is 0 Å². The minimum absolute atomic E-state index is 0.166. The minimum Gasteiger partial charge on any atom is -0.396 e. The molecule has 1 aliphatic rings. The number of carbonyl (C=O) groups excluding carboxylic acids is 1. The van der Waals surface area contributed by atoms with Gasteiger partial charge in [-0.1, -0.05) is 13.8 Å². The van der Waals surface area contributed by atoms with Gasteiger partial charge in [-0.25, -0.2) is 0 Å². The molecule has 0 aromatic rings. The van der Waals surface area contributed by atoms with Gasteiger partial charge in [-0.15, -0.1) is 0 Å². The smallest absolute Gasteiger partial charge is 0.226 e. The van der Waals surface area contributed by atoms with Crippen LogP contribution in [0.3, 0.4) is 0 Å². The number of hydrogen-bond acceptors (Lipinski definition) is 3. The van der Waals surface area contributed by atoms with Crippen LogP contribution in [-0.2, 0) is 4.79 Å². The monoisotopic (exact) mass is 228 g/mol. The summed E-state index contributed by atoms with van der Waals surface area (Å²) in [6.07, 6.45) is 2.57. The maximum Gasteiger partial charge on any atom is 0.226 e. The molecule has 1 fully saturated rings. The molecule has 0 radical (unpaired) electrons. The maximum atomic E-state index is 12.0. The Labute approximate surface area is 97.8 Å². The second kappa shape index (κ2) is 6.21. The third-order valence-corrected chi connectivity index (χ3v) is 3.49. The zero-order valence-electron chi connectivity index (χ0n) is 10.4. The van der Waals surface area contributed by atoms with Crippen LogP contribution < -0.4 is 10.6 Å². The highest BCUT2D eigenvalue weighted by atomic mass is 16.3. The molecule has 1 heterocycles. The highest BCUT2D eigenvalue weighted by Gasteiger charge is 2.34. The van der Waals surface area contributed by atoms with Gasteiger partial charge in [-0.2, -0.15) is 0 Å². The lowest BCUT2D eigenvalue weighted by Crippen LogP contribution is -2.46. The van der Waals surface area contributed by atoms with Crippen molar-refractivity contribution in [3.8, 4) is 0 Å². The van der Waals surface area contributed by atoms with E-state index < -0.39 is 0 Å². The van der Waals surface area contributed by atoms with Crippen molar-refractivity contribution in [1.29, 1.82) is 0 Å². The standard InChI is InChI=1S/C12H24N2O2/c1-10(3-8-15)9-14-11(16)12(2)4-6-13-7-5-12/h10,13,15H,3-9H2,1-2H3,(H,14,16). The van der Waals surface area contributed by atoms with Gasteiger partial charge >= 0.3 is 0 Å². The van der Waals surface area contributed by atoms with E-state index in [4.69, 9.17) is 5.11 Å². The molecular formula is C12H24N2O2. The number of rotatable bonds is 5. The van der Waals surface area contributed by atoms with Crippen molar-refractivity contribution >= 4 is 5.91 Å². The summed E-state index contributed by atoms with van der Waals surface area (Å²) < 4.78 is 0. The first kappa shape index (κ1) is 13.5. The van der Waals surface area contributed by atoms with E-state index in [2.05, 4.69) is 10.6 Å². The lowest BCUT2D eigenvalue weighted by molar-refractivity contribution is -0.131. The second-order valence-corrected chi connectivity index (χ2v) is 5.14. The fourth-order valence-electron chi connectivity index (χ4n) is 2.01. The second-order valence-electron chi connectivity index (χ2n) is 5.14. The van der Waals surface area contributed by atoms with Crippen LogP contribution in [0.2, 0.25) is 0 Å². The van der Waals surface area contributed by atoms with Gasteiger partial charge in [-0.05, 0) is 38.3 Å². The first-order chi connectivity index (χ1) is 7.58. The fraction of sp³-hybridized carbons (Fsp3) is 0.917. The number of aliphatic hydroxyl groups excluding tert-OH is 1. The van der Waals surface area contributed by atoms with Gasteiger partial charge in [0.15, 0.2) is 0 Å². The largest absolute Gasteiger partial charge is 0.396 e. The van der Waals surface area contributed by atoms with Crippen LogP contribution in [0.5, 0.6) is 0 Å². The van der Waals surface area contributed by atoms with Crippen molar-refractivity contribution in [2.75, 3.05) is 26.2 Å². The molecule has 4 heteroatoms. The van der Waals surface area contributed by atoms with Crippen LogP contribution in [0.15, 0.2) is 0 Å². The Morgan fingerprint density at radius 1 is 1.50 bits per heavy atom. The SMILES string of the molecule is CC(CCO)CNC(=O)C1(C)CCNCC1. The predicted molar refractivity (Wildman–Crippen MR) is 64.1 cm³/mol. The van der Waals surface area contributed by atoms with Crippen LogP contribution in [0.4, 0.5) is 0 Å². The molecule has 1 unspecified atom stereocenters. The highest BCUT2D eigenvalue weighted by molar-refractivity contribution is 5.82. The van der Waals surface area contributed by atoms with Crippen molar-refractivity contribution in [2.45, 2.75) is 33.1 Å². The van der Waals surface area contributed by atoms with Gasteiger partial charge in [0.2, 0.25) is 5.91 Å². The van der Waals surface area contributed by atoms with E-state index in [1.54, 1.807) is 0 Å². The van der Waals surface area contributed by atoms with Crippen molar-refractivity contribution in [1.82, 2.24) is 10.6 Å². The normalized spacial score (nSPS) is 21.4. The highest BCUT2D eigenvalue weighted by Crippen LogP contribution is 2.27. The van der Waals surface area contributed by atoms with Crippen molar-refractivity contribution in [2.24, 2.45) is 11.3 Å². The molecule has 0 saturated carbocycles. The average molecular weight is 228 g/mol. The number of aliphatic hydroxyl groups is 1. The van der Waals surface area contributed by atoms with Gasteiger partial charge in [0.1, 0.15) is 0 Å². The molecule has 0 spiro atoms. The Morgan fingerprint density at radius 2 is 2.12 bits per heavy atom. The first-order valence-electron chi connectivity index (χ1n) is 6.18. The molecular weight excluding hydrogens is 204 g/mol. The van der Waals surface area contributed by atoms with Gasteiger partial charge < -0.3 is 15.7 Å². The van der Waals surface area contributed by atoms with Crippen LogP contribution >= 0.6 is 0 Å². The molecule has 3 N–H and O–H groups in total. The molecule has 1 saturated heterocycles. The quantitative estimate of drug-likeness (QED) is 0.642. The van der Waals surface area contributed by atoms with Gasteiger partial charge in [0, 0.05) is 18.6 Å². The molecule has 16 heavy (non-hydrogen) atoms. The summed E-state index contributed by atoms with van der Waals surface area (Å²) in [5.41, 5.74) is -0.204. The predicted octanol–water partition coefficient (Wildman–Crippen LogP) is 0.511. The fourth-order valence-corrected chi connectivity index (χ4v) is 2.01. The van der Waals surface area contributed by atoms with Crippen molar-refractivity contribution < 1.29 is 9.90 Å². The number of carbonyl (C=O) groups is 1. The van der Waals surface area contributed by atoms with Crippen LogP contribution in [0.25, 0.3) is 0 Å². The molecule has 0 bridgehead atoms. The summed E-state index contributed by atoms with van der Waals surface area (Å²) in [6.45, 7) is 6.80. The van der Waals surface area contributed by atoms with Crippen molar-refractivity contribution in [3.05, 3.63) is 0 Å². The molecule has 0 aromatic heterocycles. The summed E-state index contributed by atoms with van der Waals surface area (Å²) >= 11 is 0. The van der Waals surface area contributed by atoms with Crippen LogP contribution in [0.1, 0.15) is 33.1 Å². The zero-order chi connectivity index (χ0) is 12.0. The van der Waals surface area contributed by atoms with E-state index >= 15 is 0 Å². The minimum atomic E-state index is -0.204. The third-order valence-electron chi connectivity index (χ3n) is 3.49. The molecule has 94 valence electrons. The molecule has 1 rings (SSSR count). The number of piperidine rings is 1. The van der Waals surface area contributed by atoms with E-state index in [9.17, 15) is 4.79 Å². The molecule has 1 aliphatic heterocycles. The van der Waals surface area contributed by atoms with Gasteiger partial charge in [0.05, 0.1) is 0 Å². The van der Waals surface area contributed by atoms with Crippen LogP contribution in [-0.4, -0.2) is 37.3 Å². The van der Waals surface area contributed by atoms with Gasteiger partial charge in [-0.3, -0.25) is 4.79 Å².